The molecule has 1 aliphatic heterocycles. The normalized spacial score (nSPS) is 41.7. The summed E-state index contributed by atoms with van der Waals surface area (Å²) in [7, 11) is -3.03. The topological polar surface area (TPSA) is 86.7 Å². The van der Waals surface area contributed by atoms with Gasteiger partial charge in [-0.1, -0.05) is 65.0 Å². The van der Waals surface area contributed by atoms with Gasteiger partial charge in [0.25, 0.3) is 0 Å². The molecular formula is C43H64N2O4S. The van der Waals surface area contributed by atoms with Crippen molar-refractivity contribution in [3.8, 4) is 0 Å². The first kappa shape index (κ1) is 36.4. The zero-order chi connectivity index (χ0) is 35.9. The molecule has 4 saturated carbocycles. The third-order valence-corrected chi connectivity index (χ3v) is 18.7. The van der Waals surface area contributed by atoms with Crippen molar-refractivity contribution in [2.24, 2.45) is 56.7 Å². The summed E-state index contributed by atoms with van der Waals surface area (Å²) >= 11 is 0. The molecule has 7 rings (SSSR count). The molecule has 2 N–H and O–H groups in total. The van der Waals surface area contributed by atoms with Crippen LogP contribution in [0.3, 0.4) is 0 Å². The third-order valence-electron chi connectivity index (χ3n) is 16.7. The second kappa shape index (κ2) is 12.6. The molecule has 7 heteroatoms. The standard InChI is InChI=1S/C43H64N2O4S/c1-29(2)32-16-21-43(28-44-24-8-25-45-26-9-27-50(45,48)49)23-22-41(6)34(37(32)43)14-15-36-40(5)19-17-33(30-10-12-31(13-11-30)38(46)47)39(3,4)35(40)18-20-42(36,41)7/h10-13,17,32,34-37,44H,1,8-9,14-16,18-28H2,2-7H3,(H,46,47). The minimum atomic E-state index is -3.03. The molecule has 0 amide bonds. The molecular weight excluding hydrogens is 641 g/mol. The summed E-state index contributed by atoms with van der Waals surface area (Å²) in [6, 6.07) is 7.59. The molecule has 0 aromatic heterocycles. The molecule has 1 saturated heterocycles. The number of hydrogen-bond acceptors (Lipinski definition) is 4. The first-order valence-electron chi connectivity index (χ1n) is 19.9. The summed E-state index contributed by atoms with van der Waals surface area (Å²) in [4.78, 5) is 11.6. The summed E-state index contributed by atoms with van der Waals surface area (Å²) in [6.45, 7) is 23.1. The van der Waals surface area contributed by atoms with Gasteiger partial charge in [-0.25, -0.2) is 17.5 Å². The van der Waals surface area contributed by atoms with Gasteiger partial charge in [0.05, 0.1) is 11.3 Å². The third kappa shape index (κ3) is 5.44. The molecule has 0 spiro atoms. The van der Waals surface area contributed by atoms with Crippen molar-refractivity contribution in [1.29, 1.82) is 0 Å². The highest BCUT2D eigenvalue weighted by Crippen LogP contribution is 2.77. The van der Waals surface area contributed by atoms with E-state index in [0.29, 0.717) is 64.8 Å². The van der Waals surface area contributed by atoms with Crippen LogP contribution in [0.2, 0.25) is 0 Å². The fourth-order valence-corrected chi connectivity index (χ4v) is 15.7. The molecule has 50 heavy (non-hydrogen) atoms. The SMILES string of the molecule is C=C(C)C1CCC2(CNCCCN3CCCS3(=O)=O)CCC3(C)C(CCC4C5(C)CC=C(c6ccc(C(=O)O)cc6)C(C)(C)C5CCC43C)C12. The number of allylic oxidation sites excluding steroid dienone is 3. The van der Waals surface area contributed by atoms with Crippen LogP contribution in [0, 0.1) is 56.7 Å². The quantitative estimate of drug-likeness (QED) is 0.198. The minimum Gasteiger partial charge on any atom is -0.478 e. The van der Waals surface area contributed by atoms with Crippen LogP contribution in [0.15, 0.2) is 42.5 Å². The highest BCUT2D eigenvalue weighted by Gasteiger charge is 2.70. The lowest BCUT2D eigenvalue weighted by Crippen LogP contribution is -2.65. The molecule has 6 aliphatic rings. The van der Waals surface area contributed by atoms with Crippen molar-refractivity contribution < 1.29 is 18.3 Å². The molecule has 0 radical (unpaired) electrons. The number of benzene rings is 1. The Kier molecular flexibility index (Phi) is 9.16. The maximum Gasteiger partial charge on any atom is 0.335 e. The summed E-state index contributed by atoms with van der Waals surface area (Å²) in [5.74, 6) is 2.67. The van der Waals surface area contributed by atoms with E-state index in [1.165, 1.54) is 68.1 Å². The fourth-order valence-electron chi connectivity index (χ4n) is 14.1. The monoisotopic (exact) mass is 704 g/mol. The number of carbonyl (C=O) groups is 1. The smallest absolute Gasteiger partial charge is 0.335 e. The van der Waals surface area contributed by atoms with Gasteiger partial charge in [-0.05, 0) is 164 Å². The lowest BCUT2D eigenvalue weighted by atomic mass is 9.32. The molecule has 276 valence electrons. The van der Waals surface area contributed by atoms with Gasteiger partial charge in [0.1, 0.15) is 0 Å². The van der Waals surface area contributed by atoms with Gasteiger partial charge >= 0.3 is 5.97 Å². The van der Waals surface area contributed by atoms with Crippen molar-refractivity contribution in [2.75, 3.05) is 31.9 Å². The van der Waals surface area contributed by atoms with Gasteiger partial charge in [0.2, 0.25) is 10.0 Å². The summed E-state index contributed by atoms with van der Waals surface area (Å²) < 4.78 is 26.3. The van der Waals surface area contributed by atoms with Gasteiger partial charge in [0.15, 0.2) is 0 Å². The summed E-state index contributed by atoms with van der Waals surface area (Å²) in [5.41, 5.74) is 5.44. The highest BCUT2D eigenvalue weighted by molar-refractivity contribution is 7.89. The number of aromatic carboxylic acids is 1. The van der Waals surface area contributed by atoms with Crippen LogP contribution in [0.25, 0.3) is 5.57 Å². The molecule has 5 aliphatic carbocycles. The molecule has 0 bridgehead atoms. The van der Waals surface area contributed by atoms with Gasteiger partial charge in [-0.3, -0.25) is 0 Å². The molecule has 1 heterocycles. The predicted octanol–water partition coefficient (Wildman–Crippen LogP) is 9.05. The number of nitrogens with zero attached hydrogens (tertiary/aromatic N) is 1. The van der Waals surface area contributed by atoms with E-state index in [-0.39, 0.29) is 16.2 Å². The van der Waals surface area contributed by atoms with Crippen LogP contribution in [0.1, 0.15) is 128 Å². The Bertz CT molecular complexity index is 1650. The van der Waals surface area contributed by atoms with E-state index < -0.39 is 16.0 Å². The van der Waals surface area contributed by atoms with Gasteiger partial charge < -0.3 is 10.4 Å². The largest absolute Gasteiger partial charge is 0.478 e. The number of rotatable bonds is 9. The Morgan fingerprint density at radius 2 is 1.70 bits per heavy atom. The van der Waals surface area contributed by atoms with Crippen LogP contribution in [-0.4, -0.2) is 55.7 Å². The van der Waals surface area contributed by atoms with E-state index in [9.17, 15) is 18.3 Å². The van der Waals surface area contributed by atoms with Gasteiger partial charge in [-0.2, -0.15) is 0 Å². The van der Waals surface area contributed by atoms with Gasteiger partial charge in [0, 0.05) is 19.6 Å². The fraction of sp³-hybridized carbons (Fsp3) is 0.744. The zero-order valence-electron chi connectivity index (χ0n) is 31.8. The maximum atomic E-state index is 12.3. The van der Waals surface area contributed by atoms with Crippen molar-refractivity contribution in [2.45, 2.75) is 112 Å². The van der Waals surface area contributed by atoms with E-state index in [4.69, 9.17) is 0 Å². The van der Waals surface area contributed by atoms with Crippen LogP contribution in [0.4, 0.5) is 0 Å². The van der Waals surface area contributed by atoms with E-state index in [0.717, 1.165) is 32.4 Å². The molecule has 1 aromatic carbocycles. The van der Waals surface area contributed by atoms with Crippen LogP contribution < -0.4 is 5.32 Å². The second-order valence-corrected chi connectivity index (χ2v) is 21.2. The number of carboxylic acids is 1. The van der Waals surface area contributed by atoms with Crippen LogP contribution in [0.5, 0.6) is 0 Å². The number of carboxylic acid groups (broad SMARTS) is 1. The Hall–Kier alpha value is -1.96. The number of hydrogen-bond donors (Lipinski definition) is 2. The maximum absolute atomic E-state index is 12.3. The molecule has 6 nitrogen and oxygen atoms in total. The van der Waals surface area contributed by atoms with Gasteiger partial charge in [-0.15, -0.1) is 0 Å². The first-order chi connectivity index (χ1) is 23.5. The number of fused-ring (bicyclic) bond motifs is 7. The van der Waals surface area contributed by atoms with E-state index in [1.807, 2.05) is 12.1 Å². The van der Waals surface area contributed by atoms with Crippen molar-refractivity contribution >= 4 is 21.6 Å². The lowest BCUT2D eigenvalue weighted by molar-refractivity contribution is -0.225. The van der Waals surface area contributed by atoms with Crippen molar-refractivity contribution in [3.05, 3.63) is 53.6 Å². The van der Waals surface area contributed by atoms with Crippen LogP contribution >= 0.6 is 0 Å². The van der Waals surface area contributed by atoms with E-state index >= 15 is 0 Å². The average molecular weight is 705 g/mol. The zero-order valence-corrected chi connectivity index (χ0v) is 32.6. The Labute approximate surface area is 303 Å². The Balaban J connectivity index is 1.12. The Morgan fingerprint density at radius 1 is 0.960 bits per heavy atom. The number of sulfonamides is 1. The summed E-state index contributed by atoms with van der Waals surface area (Å²) in [6.07, 6.45) is 15.6. The summed E-state index contributed by atoms with van der Waals surface area (Å²) in [5, 5.41) is 13.4. The minimum absolute atomic E-state index is 0.0136. The molecule has 9 unspecified atom stereocenters. The van der Waals surface area contributed by atoms with Crippen molar-refractivity contribution in [3.63, 3.8) is 0 Å². The van der Waals surface area contributed by atoms with Crippen LogP contribution in [-0.2, 0) is 10.0 Å². The van der Waals surface area contributed by atoms with E-state index in [2.05, 4.69) is 59.5 Å². The molecule has 9 atom stereocenters. The number of nitrogens with one attached hydrogen (secondary N) is 1. The highest BCUT2D eigenvalue weighted by atomic mass is 32.2. The molecule has 5 fully saturated rings. The average Bonchev–Trinajstić information content (AvgIpc) is 3.60. The van der Waals surface area contributed by atoms with Crippen molar-refractivity contribution in [1.82, 2.24) is 9.62 Å². The molecule has 1 aromatic rings. The Morgan fingerprint density at radius 3 is 2.36 bits per heavy atom. The predicted molar refractivity (Wildman–Crippen MR) is 203 cm³/mol. The lowest BCUT2D eigenvalue weighted by Gasteiger charge is -2.72. The first-order valence-corrected chi connectivity index (χ1v) is 21.5. The second-order valence-electron chi connectivity index (χ2n) is 19.1. The van der Waals surface area contributed by atoms with E-state index in [1.54, 1.807) is 16.4 Å².